The van der Waals surface area contributed by atoms with E-state index in [0.29, 0.717) is 0 Å². The maximum Gasteiger partial charge on any atom is 0.0546 e. The molecule has 0 spiro atoms. The summed E-state index contributed by atoms with van der Waals surface area (Å²) < 4.78 is 1.09. The Balaban J connectivity index is 1.42. The van der Waals surface area contributed by atoms with Crippen molar-refractivity contribution < 1.29 is 0 Å². The minimum atomic E-state index is 1.09. The van der Waals surface area contributed by atoms with Gasteiger partial charge in [-0.25, -0.2) is 0 Å². The van der Waals surface area contributed by atoms with Gasteiger partial charge in [-0.1, -0.05) is 107 Å². The standard InChI is InChI=1S/C36H22BrN/c37-28-17-13-23(14-18-28)27-16-20-34-33(21-27)31-9-3-6-26-7-4-10-35(36(26)31)38(34)29-19-15-25-12-11-24-5-1-2-8-30(24)32(25)22-29/h1-22H. The van der Waals surface area contributed by atoms with Crippen molar-refractivity contribution >= 4 is 65.3 Å². The average Bonchev–Trinajstić information content (AvgIpc) is 2.97. The van der Waals surface area contributed by atoms with Gasteiger partial charge < -0.3 is 4.90 Å². The van der Waals surface area contributed by atoms with Crippen LogP contribution in [0.15, 0.2) is 138 Å². The highest BCUT2D eigenvalue weighted by Gasteiger charge is 2.26. The van der Waals surface area contributed by atoms with Crippen LogP contribution < -0.4 is 4.90 Å². The van der Waals surface area contributed by atoms with E-state index in [0.717, 1.165) is 4.47 Å². The van der Waals surface area contributed by atoms with Gasteiger partial charge in [-0.15, -0.1) is 0 Å². The molecule has 2 heteroatoms. The SMILES string of the molecule is Brc1ccc(-c2ccc3c(c2)-c2cccc4cccc(c24)N3c2ccc3ccc4ccccc4c3c2)cc1. The number of hydrogen-bond donors (Lipinski definition) is 0. The molecular weight excluding hydrogens is 526 g/mol. The lowest BCUT2D eigenvalue weighted by molar-refractivity contribution is 1.29. The predicted molar refractivity (Wildman–Crippen MR) is 166 cm³/mol. The quantitative estimate of drug-likeness (QED) is 0.194. The van der Waals surface area contributed by atoms with Crippen LogP contribution in [0.1, 0.15) is 0 Å². The summed E-state index contributed by atoms with van der Waals surface area (Å²) in [5.41, 5.74) is 8.58. The lowest BCUT2D eigenvalue weighted by atomic mass is 9.88. The van der Waals surface area contributed by atoms with E-state index in [-0.39, 0.29) is 0 Å². The Labute approximate surface area is 229 Å². The number of fused-ring (bicyclic) bond motifs is 5. The molecule has 1 heterocycles. The molecule has 0 N–H and O–H groups in total. The number of nitrogens with zero attached hydrogens (tertiary/aromatic N) is 1. The van der Waals surface area contributed by atoms with Crippen LogP contribution in [-0.2, 0) is 0 Å². The maximum atomic E-state index is 3.57. The van der Waals surface area contributed by atoms with Crippen molar-refractivity contribution in [1.29, 1.82) is 0 Å². The van der Waals surface area contributed by atoms with Gasteiger partial charge in [0, 0.05) is 21.1 Å². The van der Waals surface area contributed by atoms with Crippen LogP contribution in [0.3, 0.4) is 0 Å². The molecule has 7 aromatic carbocycles. The fourth-order valence-electron chi connectivity index (χ4n) is 6.04. The van der Waals surface area contributed by atoms with E-state index in [1.807, 2.05) is 0 Å². The summed E-state index contributed by atoms with van der Waals surface area (Å²) in [5.74, 6) is 0. The van der Waals surface area contributed by atoms with Crippen LogP contribution >= 0.6 is 15.9 Å². The summed E-state index contributed by atoms with van der Waals surface area (Å²) in [7, 11) is 0. The molecule has 0 aliphatic carbocycles. The molecule has 7 aromatic rings. The van der Waals surface area contributed by atoms with E-state index < -0.39 is 0 Å². The highest BCUT2D eigenvalue weighted by atomic mass is 79.9. The van der Waals surface area contributed by atoms with Crippen molar-refractivity contribution in [2.75, 3.05) is 4.90 Å². The van der Waals surface area contributed by atoms with E-state index in [2.05, 4.69) is 154 Å². The van der Waals surface area contributed by atoms with Gasteiger partial charge in [-0.3, -0.25) is 0 Å². The van der Waals surface area contributed by atoms with Crippen molar-refractivity contribution in [3.05, 3.63) is 138 Å². The Morgan fingerprint density at radius 3 is 2.03 bits per heavy atom. The van der Waals surface area contributed by atoms with Gasteiger partial charge in [-0.2, -0.15) is 0 Å². The van der Waals surface area contributed by atoms with Crippen LogP contribution in [0.4, 0.5) is 17.1 Å². The summed E-state index contributed by atoms with van der Waals surface area (Å²) in [4.78, 5) is 2.44. The maximum absolute atomic E-state index is 3.57. The van der Waals surface area contributed by atoms with Gasteiger partial charge in [-0.05, 0) is 86.1 Å². The minimum Gasteiger partial charge on any atom is -0.309 e. The molecule has 0 saturated carbocycles. The van der Waals surface area contributed by atoms with E-state index in [1.165, 1.54) is 71.6 Å². The predicted octanol–water partition coefficient (Wildman–Crippen LogP) is 11.0. The van der Waals surface area contributed by atoms with Crippen molar-refractivity contribution in [2.24, 2.45) is 0 Å². The largest absolute Gasteiger partial charge is 0.309 e. The summed E-state index contributed by atoms with van der Waals surface area (Å²) in [6.45, 7) is 0. The van der Waals surface area contributed by atoms with Gasteiger partial charge in [0.15, 0.2) is 0 Å². The second-order valence-corrected chi connectivity index (χ2v) is 10.9. The Morgan fingerprint density at radius 1 is 0.447 bits per heavy atom. The zero-order valence-electron chi connectivity index (χ0n) is 20.5. The molecule has 0 atom stereocenters. The molecule has 0 unspecified atom stereocenters. The van der Waals surface area contributed by atoms with Gasteiger partial charge in [0.1, 0.15) is 0 Å². The van der Waals surface area contributed by atoms with Crippen LogP contribution in [0, 0.1) is 0 Å². The van der Waals surface area contributed by atoms with E-state index in [1.54, 1.807) is 0 Å². The molecule has 1 aliphatic heterocycles. The molecule has 0 fully saturated rings. The highest BCUT2D eigenvalue weighted by molar-refractivity contribution is 9.10. The molecule has 178 valence electrons. The third-order valence-electron chi connectivity index (χ3n) is 7.82. The number of hydrogen-bond acceptors (Lipinski definition) is 1. The van der Waals surface area contributed by atoms with Gasteiger partial charge >= 0.3 is 0 Å². The third-order valence-corrected chi connectivity index (χ3v) is 8.35. The first-order valence-corrected chi connectivity index (χ1v) is 13.7. The Kier molecular flexibility index (Phi) is 4.74. The van der Waals surface area contributed by atoms with Gasteiger partial charge in [0.25, 0.3) is 0 Å². The summed E-state index contributed by atoms with van der Waals surface area (Å²) >= 11 is 3.57. The van der Waals surface area contributed by atoms with Crippen LogP contribution in [-0.4, -0.2) is 0 Å². The van der Waals surface area contributed by atoms with Crippen LogP contribution in [0.25, 0.3) is 54.6 Å². The topological polar surface area (TPSA) is 3.24 Å². The smallest absolute Gasteiger partial charge is 0.0546 e. The molecular formula is C36H22BrN. The fraction of sp³-hybridized carbons (Fsp3) is 0. The number of anilines is 3. The average molecular weight is 548 g/mol. The Hall–Kier alpha value is -4.40. The van der Waals surface area contributed by atoms with E-state index in [9.17, 15) is 0 Å². The molecule has 0 saturated heterocycles. The Morgan fingerprint density at radius 2 is 1.16 bits per heavy atom. The molecule has 8 rings (SSSR count). The Bertz CT molecular complexity index is 2030. The zero-order chi connectivity index (χ0) is 25.2. The zero-order valence-corrected chi connectivity index (χ0v) is 22.1. The summed E-state index contributed by atoms with van der Waals surface area (Å²) in [5, 5.41) is 7.65. The first-order chi connectivity index (χ1) is 18.7. The minimum absolute atomic E-state index is 1.09. The number of rotatable bonds is 2. The van der Waals surface area contributed by atoms with Crippen LogP contribution in [0.2, 0.25) is 0 Å². The number of halogens is 1. The summed E-state index contributed by atoms with van der Waals surface area (Å²) in [6.07, 6.45) is 0. The fourth-order valence-corrected chi connectivity index (χ4v) is 6.30. The van der Waals surface area contributed by atoms with Crippen LogP contribution in [0.5, 0.6) is 0 Å². The molecule has 0 aromatic heterocycles. The third kappa shape index (κ3) is 3.24. The van der Waals surface area contributed by atoms with Crippen molar-refractivity contribution in [3.8, 4) is 22.3 Å². The first-order valence-electron chi connectivity index (χ1n) is 12.9. The molecule has 1 nitrogen and oxygen atoms in total. The second-order valence-electron chi connectivity index (χ2n) is 9.95. The second kappa shape index (κ2) is 8.31. The number of benzene rings is 7. The highest BCUT2D eigenvalue weighted by Crippen LogP contribution is 2.52. The molecule has 0 amide bonds. The van der Waals surface area contributed by atoms with Crippen molar-refractivity contribution in [3.63, 3.8) is 0 Å². The van der Waals surface area contributed by atoms with Gasteiger partial charge in [0.2, 0.25) is 0 Å². The summed E-state index contributed by atoms with van der Waals surface area (Å²) in [6, 6.07) is 48.7. The molecule has 0 bridgehead atoms. The van der Waals surface area contributed by atoms with Gasteiger partial charge in [0.05, 0.1) is 11.4 Å². The normalized spacial score (nSPS) is 12.3. The molecule has 1 aliphatic rings. The molecule has 0 radical (unpaired) electrons. The molecule has 38 heavy (non-hydrogen) atoms. The lowest BCUT2D eigenvalue weighted by Crippen LogP contribution is -2.15. The lowest BCUT2D eigenvalue weighted by Gasteiger charge is -2.34. The monoisotopic (exact) mass is 547 g/mol. The van der Waals surface area contributed by atoms with E-state index >= 15 is 0 Å². The first kappa shape index (κ1) is 21.7. The van der Waals surface area contributed by atoms with E-state index in [4.69, 9.17) is 0 Å². The van der Waals surface area contributed by atoms with Crippen molar-refractivity contribution in [2.45, 2.75) is 0 Å². The van der Waals surface area contributed by atoms with Crippen molar-refractivity contribution in [1.82, 2.24) is 0 Å².